The molecule has 0 amide bonds. The van der Waals surface area contributed by atoms with E-state index in [0.29, 0.717) is 35.7 Å². The van der Waals surface area contributed by atoms with E-state index < -0.39 is 26.8 Å². The molecule has 0 aliphatic carbocycles. The normalized spacial score (nSPS) is 21.2. The van der Waals surface area contributed by atoms with Crippen LogP contribution in [0.4, 0.5) is 4.39 Å². The van der Waals surface area contributed by atoms with Gasteiger partial charge in [0.15, 0.2) is 11.8 Å². The average molecular weight is 494 g/mol. The van der Waals surface area contributed by atoms with Gasteiger partial charge in [-0.05, 0) is 6.07 Å². The highest BCUT2D eigenvalue weighted by atomic mass is 32.7. The van der Waals surface area contributed by atoms with E-state index in [0.717, 1.165) is 0 Å². The molecule has 2 aromatic heterocycles. The van der Waals surface area contributed by atoms with E-state index >= 15 is 0 Å². The number of ether oxygens (including phenoxy) is 2. The van der Waals surface area contributed by atoms with Crippen LogP contribution in [0.1, 0.15) is 11.4 Å². The Bertz CT molecular complexity index is 944. The minimum atomic E-state index is -1.63. The lowest BCUT2D eigenvalue weighted by Gasteiger charge is -2.17. The lowest BCUT2D eigenvalue weighted by molar-refractivity contribution is 0.123. The van der Waals surface area contributed by atoms with Crippen molar-refractivity contribution in [3.8, 4) is 6.07 Å². The van der Waals surface area contributed by atoms with Crippen LogP contribution in [0.25, 0.3) is 11.2 Å². The molecule has 1 saturated heterocycles. The Morgan fingerprint density at radius 2 is 2.37 bits per heavy atom. The van der Waals surface area contributed by atoms with Crippen LogP contribution in [0.3, 0.4) is 0 Å². The van der Waals surface area contributed by atoms with Gasteiger partial charge in [0.1, 0.15) is 30.1 Å². The molecule has 4 atom stereocenters. The summed E-state index contributed by atoms with van der Waals surface area (Å²) in [6.07, 6.45) is -0.398. The molecule has 9 nitrogen and oxygen atoms in total. The van der Waals surface area contributed by atoms with E-state index in [9.17, 15) is 4.39 Å². The SMILES string of the molecule is CO/C=[PH](/S)OCCn1c(COP(S)OC2COC[C@H]2F)nc2cc(C#N)cnc21. The van der Waals surface area contributed by atoms with Crippen molar-refractivity contribution >= 4 is 56.2 Å². The number of aromatic nitrogens is 3. The number of hydrogen-bond acceptors (Lipinski definition) is 10. The number of nitrogens with zero attached hydrogens (tertiary/aromatic N) is 4. The van der Waals surface area contributed by atoms with Gasteiger partial charge in [-0.1, -0.05) is 12.2 Å². The second-order valence-electron chi connectivity index (χ2n) is 6.11. The van der Waals surface area contributed by atoms with Gasteiger partial charge in [0, 0.05) is 19.9 Å². The Hall–Kier alpha value is -0.730. The lowest BCUT2D eigenvalue weighted by atomic mass is 10.3. The molecule has 0 bridgehead atoms. The highest BCUT2D eigenvalue weighted by molar-refractivity contribution is 8.42. The van der Waals surface area contributed by atoms with Gasteiger partial charge in [-0.15, -0.1) is 12.2 Å². The van der Waals surface area contributed by atoms with Gasteiger partial charge in [-0.25, -0.2) is 14.4 Å². The summed E-state index contributed by atoms with van der Waals surface area (Å²) in [4.78, 5) is 8.86. The Balaban J connectivity index is 1.71. The van der Waals surface area contributed by atoms with Gasteiger partial charge in [0.2, 0.25) is 7.58 Å². The number of pyridine rings is 1. The molecule has 1 aliphatic heterocycles. The van der Waals surface area contributed by atoms with Gasteiger partial charge >= 0.3 is 0 Å². The van der Waals surface area contributed by atoms with Gasteiger partial charge in [-0.2, -0.15) is 5.26 Å². The molecule has 30 heavy (non-hydrogen) atoms. The second-order valence-corrected chi connectivity index (χ2v) is 10.6. The first-order valence-corrected chi connectivity index (χ1v) is 13.9. The summed E-state index contributed by atoms with van der Waals surface area (Å²) in [7, 11) is -0.0906. The predicted octanol–water partition coefficient (Wildman–Crippen LogP) is 3.13. The van der Waals surface area contributed by atoms with E-state index in [1.165, 1.54) is 6.20 Å². The summed E-state index contributed by atoms with van der Waals surface area (Å²) in [6.45, 7) is -0.420. The van der Waals surface area contributed by atoms with Gasteiger partial charge in [-0.3, -0.25) is 0 Å². The molecule has 2 aromatic rings. The maximum absolute atomic E-state index is 13.6. The zero-order valence-electron chi connectivity index (χ0n) is 16.0. The monoisotopic (exact) mass is 494 g/mol. The molecule has 1 fully saturated rings. The molecule has 3 rings (SSSR count). The van der Waals surface area contributed by atoms with Gasteiger partial charge in [0.05, 0.1) is 38.3 Å². The van der Waals surface area contributed by atoms with Crippen LogP contribution in [0.2, 0.25) is 0 Å². The summed E-state index contributed by atoms with van der Waals surface area (Å²) < 4.78 is 42.2. The van der Waals surface area contributed by atoms with Crippen molar-refractivity contribution in [3.05, 3.63) is 23.7 Å². The van der Waals surface area contributed by atoms with Crippen molar-refractivity contribution in [2.75, 3.05) is 26.9 Å². The largest absolute Gasteiger partial charge is 0.375 e. The third kappa shape index (κ3) is 6.39. The van der Waals surface area contributed by atoms with Crippen molar-refractivity contribution in [3.63, 3.8) is 0 Å². The van der Waals surface area contributed by atoms with E-state index in [1.807, 2.05) is 10.6 Å². The van der Waals surface area contributed by atoms with E-state index in [4.69, 9.17) is 28.3 Å². The first-order chi connectivity index (χ1) is 14.5. The summed E-state index contributed by atoms with van der Waals surface area (Å²) in [6, 6.07) is 3.70. The summed E-state index contributed by atoms with van der Waals surface area (Å²) in [5, 5.41) is 9.10. The summed E-state index contributed by atoms with van der Waals surface area (Å²) in [5.74, 6) is 2.11. The topological polar surface area (TPSA) is 101 Å². The van der Waals surface area contributed by atoms with E-state index in [2.05, 4.69) is 34.5 Å². The van der Waals surface area contributed by atoms with E-state index in [-0.39, 0.29) is 19.8 Å². The molecule has 0 spiro atoms. The minimum absolute atomic E-state index is 0.0133. The summed E-state index contributed by atoms with van der Waals surface area (Å²) >= 11 is 8.61. The summed E-state index contributed by atoms with van der Waals surface area (Å²) in [5.41, 5.74) is 1.56. The number of alkyl halides is 1. The minimum Gasteiger partial charge on any atom is -0.375 e. The van der Waals surface area contributed by atoms with Gasteiger partial charge in [0.25, 0.3) is 0 Å². The maximum atomic E-state index is 13.6. The van der Waals surface area contributed by atoms with Crippen LogP contribution in [0, 0.1) is 11.3 Å². The number of nitriles is 1. The first-order valence-electron chi connectivity index (χ1n) is 8.82. The molecule has 3 unspecified atom stereocenters. The highest BCUT2D eigenvalue weighted by Gasteiger charge is 2.31. The molecule has 3 heterocycles. The highest BCUT2D eigenvalue weighted by Crippen LogP contribution is 2.46. The predicted molar refractivity (Wildman–Crippen MR) is 120 cm³/mol. The third-order valence-electron chi connectivity index (χ3n) is 4.07. The molecule has 14 heteroatoms. The lowest BCUT2D eigenvalue weighted by Crippen LogP contribution is -2.21. The number of methoxy groups -OCH3 is 1. The smallest absolute Gasteiger partial charge is 0.235 e. The van der Waals surface area contributed by atoms with E-state index in [1.54, 1.807) is 19.2 Å². The van der Waals surface area contributed by atoms with Crippen LogP contribution in [-0.2, 0) is 36.2 Å². The Morgan fingerprint density at radius 3 is 3.07 bits per heavy atom. The van der Waals surface area contributed by atoms with Crippen LogP contribution in [0.15, 0.2) is 12.3 Å². The third-order valence-corrected chi connectivity index (χ3v) is 7.14. The Kier molecular flexibility index (Phi) is 9.38. The number of hydrogen-bond donors (Lipinski definition) is 2. The fourth-order valence-corrected chi connectivity index (χ4v) is 5.11. The van der Waals surface area contributed by atoms with Gasteiger partial charge < -0.3 is 27.6 Å². The van der Waals surface area contributed by atoms with Crippen molar-refractivity contribution in [1.82, 2.24) is 14.5 Å². The number of imidazole rings is 1. The standard InChI is InChI=1S/C16H21FN4O5P2S2/c1-22-10-27(29)24-3-2-21-15(20-13-4-11(5-18)6-19-16(13)21)9-25-28(30)26-14-8-23-7-12(14)17/h4,6,10,12,14,27,29-30H,2-3,7-9H2,1H3/t12-,14?,28?/m1/s1. The average Bonchev–Trinajstić information content (AvgIpc) is 3.29. The van der Waals surface area contributed by atoms with Crippen molar-refractivity contribution < 1.29 is 27.4 Å². The zero-order chi connectivity index (χ0) is 21.5. The molecular weight excluding hydrogens is 473 g/mol. The fraction of sp³-hybridized carbons (Fsp3) is 0.500. The number of thiol groups is 2. The maximum Gasteiger partial charge on any atom is 0.235 e. The van der Waals surface area contributed by atoms with Crippen LogP contribution in [0.5, 0.6) is 0 Å². The molecule has 0 saturated carbocycles. The van der Waals surface area contributed by atoms with Crippen LogP contribution < -0.4 is 0 Å². The molecule has 0 radical (unpaired) electrons. The Labute approximate surface area is 185 Å². The number of fused-ring (bicyclic) bond motifs is 1. The molecular formula is C16H21FN4O5P2S2. The fourth-order valence-electron chi connectivity index (χ4n) is 2.70. The second kappa shape index (κ2) is 11.8. The quantitative estimate of drug-likeness (QED) is 0.384. The molecule has 0 aromatic carbocycles. The number of halogens is 1. The van der Waals surface area contributed by atoms with Crippen molar-refractivity contribution in [2.45, 2.75) is 25.4 Å². The Morgan fingerprint density at radius 1 is 1.53 bits per heavy atom. The zero-order valence-corrected chi connectivity index (χ0v) is 19.7. The van der Waals surface area contributed by atoms with Crippen LogP contribution in [-0.4, -0.2) is 59.7 Å². The van der Waals surface area contributed by atoms with Crippen molar-refractivity contribution in [1.29, 1.82) is 5.26 Å². The number of rotatable bonds is 10. The van der Waals surface area contributed by atoms with Crippen LogP contribution >= 0.6 is 39.0 Å². The molecule has 0 N–H and O–H groups in total. The molecule has 1 aliphatic rings. The molecule has 164 valence electrons. The van der Waals surface area contributed by atoms with Crippen molar-refractivity contribution in [2.24, 2.45) is 0 Å². The first kappa shape index (κ1) is 23.9.